The standard InChI is InChI=1S/C7H21NSi2/c1-5-6-8-9-7(2)10(3)4/h7-8,10H,5-6,9H2,1-4H3. The van der Waals surface area contributed by atoms with Crippen LogP contribution in [0.5, 0.6) is 0 Å². The van der Waals surface area contributed by atoms with Gasteiger partial charge in [-0.25, -0.2) is 0 Å². The van der Waals surface area contributed by atoms with Gasteiger partial charge in [-0.3, -0.25) is 0 Å². The summed E-state index contributed by atoms with van der Waals surface area (Å²) >= 11 is 0. The maximum Gasteiger partial charge on any atom is 0.0915 e. The molecule has 0 amide bonds. The number of hydrogen-bond donors (Lipinski definition) is 1. The highest BCUT2D eigenvalue weighted by Crippen LogP contribution is 2.03. The van der Waals surface area contributed by atoms with Gasteiger partial charge in [0.25, 0.3) is 0 Å². The van der Waals surface area contributed by atoms with Gasteiger partial charge in [-0.05, 0) is 18.1 Å². The van der Waals surface area contributed by atoms with Crippen LogP contribution in [0.1, 0.15) is 20.3 Å². The molecule has 0 aromatic carbocycles. The van der Waals surface area contributed by atoms with E-state index in [-0.39, 0.29) is 18.5 Å². The van der Waals surface area contributed by atoms with Gasteiger partial charge in [0.1, 0.15) is 0 Å². The third-order valence-corrected chi connectivity index (χ3v) is 9.13. The Hall–Kier alpha value is 0.394. The Bertz CT molecular complexity index is 76.0. The summed E-state index contributed by atoms with van der Waals surface area (Å²) in [6.45, 7) is 10.8. The van der Waals surface area contributed by atoms with Crippen molar-refractivity contribution < 1.29 is 0 Å². The van der Waals surface area contributed by atoms with E-state index in [1.165, 1.54) is 13.0 Å². The molecule has 0 spiro atoms. The fourth-order valence-corrected chi connectivity index (χ4v) is 4.14. The van der Waals surface area contributed by atoms with E-state index in [9.17, 15) is 0 Å². The fourth-order valence-electron chi connectivity index (χ4n) is 0.742. The third-order valence-electron chi connectivity index (χ3n) is 2.03. The van der Waals surface area contributed by atoms with Gasteiger partial charge in [-0.1, -0.05) is 26.9 Å². The second-order valence-electron chi connectivity index (χ2n) is 3.43. The zero-order chi connectivity index (χ0) is 7.98. The van der Waals surface area contributed by atoms with E-state index in [1.54, 1.807) is 0 Å². The third kappa shape index (κ3) is 5.20. The molecule has 0 aromatic heterocycles. The molecule has 0 saturated heterocycles. The van der Waals surface area contributed by atoms with E-state index in [0.29, 0.717) is 0 Å². The molecule has 0 rings (SSSR count). The van der Waals surface area contributed by atoms with Crippen LogP contribution in [0.2, 0.25) is 18.3 Å². The van der Waals surface area contributed by atoms with Crippen LogP contribution in [0.25, 0.3) is 0 Å². The van der Waals surface area contributed by atoms with Crippen molar-refractivity contribution >= 4 is 18.5 Å². The number of hydrogen-bond acceptors (Lipinski definition) is 1. The van der Waals surface area contributed by atoms with Crippen LogP contribution in [0.15, 0.2) is 0 Å². The molecule has 62 valence electrons. The molecule has 0 aromatic rings. The molecule has 0 bridgehead atoms. The van der Waals surface area contributed by atoms with Crippen molar-refractivity contribution in [2.75, 3.05) is 6.54 Å². The summed E-state index contributed by atoms with van der Waals surface area (Å²) in [7, 11) is -0.219. The lowest BCUT2D eigenvalue weighted by molar-refractivity contribution is 0.854. The first kappa shape index (κ1) is 10.4. The first-order chi connectivity index (χ1) is 4.68. The minimum absolute atomic E-state index is 0.0890. The molecule has 0 fully saturated rings. The largest absolute Gasteiger partial charge is 0.342 e. The SMILES string of the molecule is CCCN[SiH2]C(C)[SiH](C)C. The van der Waals surface area contributed by atoms with Crippen molar-refractivity contribution in [3.05, 3.63) is 0 Å². The van der Waals surface area contributed by atoms with Gasteiger partial charge >= 0.3 is 0 Å². The topological polar surface area (TPSA) is 12.0 Å². The average Bonchev–Trinajstić information content (AvgIpc) is 1.88. The molecule has 1 N–H and O–H groups in total. The molecule has 0 saturated carbocycles. The average molecular weight is 175 g/mol. The summed E-state index contributed by atoms with van der Waals surface area (Å²) in [5.74, 6) is 0. The zero-order valence-corrected chi connectivity index (χ0v) is 10.3. The maximum absolute atomic E-state index is 3.59. The van der Waals surface area contributed by atoms with Crippen molar-refractivity contribution in [3.8, 4) is 0 Å². The Kier molecular flexibility index (Phi) is 6.37. The van der Waals surface area contributed by atoms with Crippen LogP contribution in [-0.4, -0.2) is 25.0 Å². The number of rotatable bonds is 5. The van der Waals surface area contributed by atoms with E-state index in [2.05, 4.69) is 31.9 Å². The van der Waals surface area contributed by atoms with Gasteiger partial charge in [0, 0.05) is 8.80 Å². The van der Waals surface area contributed by atoms with Crippen LogP contribution < -0.4 is 4.98 Å². The summed E-state index contributed by atoms with van der Waals surface area (Å²) < 4.78 is 0. The number of nitrogens with one attached hydrogen (secondary N) is 1. The molecule has 1 atom stereocenters. The Balaban J connectivity index is 3.13. The van der Waals surface area contributed by atoms with Gasteiger partial charge in [0.15, 0.2) is 0 Å². The fraction of sp³-hybridized carbons (Fsp3) is 1.00. The Morgan fingerprint density at radius 3 is 2.50 bits per heavy atom. The Labute approximate surface area is 69.1 Å². The van der Waals surface area contributed by atoms with Gasteiger partial charge in [-0.2, -0.15) is 0 Å². The highest BCUT2D eigenvalue weighted by atomic mass is 28.3. The predicted octanol–water partition coefficient (Wildman–Crippen LogP) is 0.904. The van der Waals surface area contributed by atoms with Crippen LogP contribution in [0.3, 0.4) is 0 Å². The van der Waals surface area contributed by atoms with Crippen molar-refractivity contribution in [2.24, 2.45) is 0 Å². The van der Waals surface area contributed by atoms with Crippen LogP contribution in [0, 0.1) is 0 Å². The van der Waals surface area contributed by atoms with E-state index >= 15 is 0 Å². The summed E-state index contributed by atoms with van der Waals surface area (Å²) in [4.78, 5) is 3.59. The minimum Gasteiger partial charge on any atom is -0.342 e. The molecule has 3 heteroatoms. The molecular weight excluding hydrogens is 154 g/mol. The Morgan fingerprint density at radius 1 is 1.50 bits per heavy atom. The predicted molar refractivity (Wildman–Crippen MR) is 55.1 cm³/mol. The van der Waals surface area contributed by atoms with E-state index in [1.807, 2.05) is 0 Å². The molecule has 10 heavy (non-hydrogen) atoms. The minimum atomic E-state index is -0.308. The van der Waals surface area contributed by atoms with Gasteiger partial charge in [0.2, 0.25) is 0 Å². The van der Waals surface area contributed by atoms with Crippen molar-refractivity contribution in [2.45, 2.75) is 38.5 Å². The molecule has 0 aliphatic heterocycles. The monoisotopic (exact) mass is 175 g/mol. The van der Waals surface area contributed by atoms with Gasteiger partial charge in [0.05, 0.1) is 9.68 Å². The lowest BCUT2D eigenvalue weighted by atomic mass is 10.5. The molecule has 0 heterocycles. The molecule has 0 aliphatic carbocycles. The quantitative estimate of drug-likeness (QED) is 0.484. The summed E-state index contributed by atoms with van der Waals surface area (Å²) in [6, 6.07) is 0. The first-order valence-electron chi connectivity index (χ1n) is 4.39. The van der Waals surface area contributed by atoms with Crippen molar-refractivity contribution in [1.29, 1.82) is 0 Å². The highest BCUT2D eigenvalue weighted by Gasteiger charge is 2.06. The zero-order valence-electron chi connectivity index (χ0n) is 7.78. The van der Waals surface area contributed by atoms with Crippen molar-refractivity contribution in [3.63, 3.8) is 0 Å². The van der Waals surface area contributed by atoms with Gasteiger partial charge in [-0.15, -0.1) is 0 Å². The van der Waals surface area contributed by atoms with Crippen LogP contribution in [-0.2, 0) is 0 Å². The summed E-state index contributed by atoms with van der Waals surface area (Å²) in [5, 5.41) is 1.09. The molecular formula is C7H21NSi2. The first-order valence-corrected chi connectivity index (χ1v) is 8.89. The van der Waals surface area contributed by atoms with Crippen molar-refractivity contribution in [1.82, 2.24) is 4.98 Å². The van der Waals surface area contributed by atoms with E-state index in [4.69, 9.17) is 0 Å². The maximum atomic E-state index is 3.59. The second-order valence-corrected chi connectivity index (χ2v) is 10.2. The lowest BCUT2D eigenvalue weighted by Crippen LogP contribution is -2.28. The molecule has 1 nitrogen and oxygen atoms in total. The smallest absolute Gasteiger partial charge is 0.0915 e. The normalized spacial score (nSPS) is 15.3. The summed E-state index contributed by atoms with van der Waals surface area (Å²) in [6.07, 6.45) is 1.29. The molecule has 0 aliphatic rings. The molecule has 1 unspecified atom stereocenters. The molecule has 0 radical (unpaired) electrons. The lowest BCUT2D eigenvalue weighted by Gasteiger charge is -2.13. The highest BCUT2D eigenvalue weighted by molar-refractivity contribution is 6.69. The van der Waals surface area contributed by atoms with E-state index < -0.39 is 0 Å². The van der Waals surface area contributed by atoms with Crippen LogP contribution >= 0.6 is 0 Å². The summed E-state index contributed by atoms with van der Waals surface area (Å²) in [5.41, 5.74) is 0. The Morgan fingerprint density at radius 2 is 2.10 bits per heavy atom. The van der Waals surface area contributed by atoms with E-state index in [0.717, 1.165) is 5.16 Å². The van der Waals surface area contributed by atoms with Gasteiger partial charge < -0.3 is 4.98 Å². The second kappa shape index (κ2) is 6.13. The van der Waals surface area contributed by atoms with Crippen LogP contribution in [0.4, 0.5) is 0 Å².